The first-order chi connectivity index (χ1) is 11.0. The molecule has 122 valence electrons. The van der Waals surface area contributed by atoms with Gasteiger partial charge < -0.3 is 14.5 Å². The molecule has 2 aromatic rings. The van der Waals surface area contributed by atoms with Gasteiger partial charge in [-0.15, -0.1) is 0 Å². The molecule has 1 aromatic heterocycles. The van der Waals surface area contributed by atoms with Gasteiger partial charge in [0.1, 0.15) is 17.4 Å². The van der Waals surface area contributed by atoms with Crippen molar-refractivity contribution >= 4 is 28.9 Å². The second-order valence-electron chi connectivity index (χ2n) is 5.73. The topological polar surface area (TPSA) is 68.5 Å². The van der Waals surface area contributed by atoms with Gasteiger partial charge in [0.2, 0.25) is 5.91 Å². The standard InChI is InChI=1S/C18H21NO4/c1-12(2)10-15(18(21)22-3)19-17(20)9-8-14-11-13-6-4-5-7-16(13)23-14/h4-9,11-12,15H,10H2,1-3H3,(H,19,20)/b9-8+. The van der Waals surface area contributed by atoms with Crippen LogP contribution in [-0.2, 0) is 14.3 Å². The van der Waals surface area contributed by atoms with E-state index in [1.165, 1.54) is 13.2 Å². The maximum Gasteiger partial charge on any atom is 0.328 e. The number of carbonyl (C=O) groups is 2. The molecule has 0 aliphatic carbocycles. The summed E-state index contributed by atoms with van der Waals surface area (Å²) in [6.07, 6.45) is 3.46. The monoisotopic (exact) mass is 315 g/mol. The number of furan rings is 1. The number of esters is 1. The Morgan fingerprint density at radius 3 is 2.70 bits per heavy atom. The van der Waals surface area contributed by atoms with Crippen LogP contribution in [0, 0.1) is 5.92 Å². The quantitative estimate of drug-likeness (QED) is 0.657. The normalized spacial score (nSPS) is 12.7. The van der Waals surface area contributed by atoms with Crippen molar-refractivity contribution in [1.82, 2.24) is 5.32 Å². The lowest BCUT2D eigenvalue weighted by molar-refractivity contribution is -0.145. The van der Waals surface area contributed by atoms with Gasteiger partial charge in [-0.3, -0.25) is 4.79 Å². The Morgan fingerprint density at radius 1 is 1.30 bits per heavy atom. The minimum atomic E-state index is -0.646. The van der Waals surface area contributed by atoms with E-state index in [1.54, 1.807) is 6.08 Å². The van der Waals surface area contributed by atoms with Crippen molar-refractivity contribution in [3.63, 3.8) is 0 Å². The number of rotatable bonds is 6. The number of hydrogen-bond acceptors (Lipinski definition) is 4. The molecule has 0 radical (unpaired) electrons. The highest BCUT2D eigenvalue weighted by Gasteiger charge is 2.21. The number of nitrogens with one attached hydrogen (secondary N) is 1. The van der Waals surface area contributed by atoms with Gasteiger partial charge in [-0.25, -0.2) is 4.79 Å². The molecule has 23 heavy (non-hydrogen) atoms. The molecule has 0 spiro atoms. The summed E-state index contributed by atoms with van der Waals surface area (Å²) in [6, 6.07) is 8.82. The lowest BCUT2D eigenvalue weighted by Crippen LogP contribution is -2.41. The molecular weight excluding hydrogens is 294 g/mol. The highest BCUT2D eigenvalue weighted by atomic mass is 16.5. The van der Waals surface area contributed by atoms with Crippen molar-refractivity contribution in [2.24, 2.45) is 5.92 Å². The zero-order chi connectivity index (χ0) is 16.8. The molecule has 1 N–H and O–H groups in total. The van der Waals surface area contributed by atoms with Gasteiger partial charge in [-0.05, 0) is 30.5 Å². The third-order valence-electron chi connectivity index (χ3n) is 3.35. The molecule has 5 heteroatoms. The summed E-state index contributed by atoms with van der Waals surface area (Å²) in [5.41, 5.74) is 0.764. The highest BCUT2D eigenvalue weighted by molar-refractivity contribution is 5.94. The molecule has 1 aromatic carbocycles. The van der Waals surface area contributed by atoms with Gasteiger partial charge in [-0.2, -0.15) is 0 Å². The molecular formula is C18H21NO4. The Balaban J connectivity index is 2.03. The van der Waals surface area contributed by atoms with E-state index in [2.05, 4.69) is 5.32 Å². The molecule has 0 fully saturated rings. The molecule has 0 aliphatic rings. The lowest BCUT2D eigenvalue weighted by atomic mass is 10.0. The highest BCUT2D eigenvalue weighted by Crippen LogP contribution is 2.19. The summed E-state index contributed by atoms with van der Waals surface area (Å²) in [4.78, 5) is 23.7. The van der Waals surface area contributed by atoms with Crippen LogP contribution in [0.4, 0.5) is 0 Å². The molecule has 1 atom stereocenters. The predicted octanol–water partition coefficient (Wildman–Crippen LogP) is 3.15. The zero-order valence-corrected chi connectivity index (χ0v) is 13.5. The molecule has 5 nitrogen and oxygen atoms in total. The number of benzene rings is 1. The molecule has 0 saturated heterocycles. The van der Waals surface area contributed by atoms with Gasteiger partial charge in [0.15, 0.2) is 0 Å². The number of carbonyl (C=O) groups excluding carboxylic acids is 2. The van der Waals surface area contributed by atoms with Crippen LogP contribution in [0.1, 0.15) is 26.0 Å². The molecule has 1 amide bonds. The zero-order valence-electron chi connectivity index (χ0n) is 13.5. The fourth-order valence-corrected chi connectivity index (χ4v) is 2.29. The molecule has 0 bridgehead atoms. The molecule has 2 rings (SSSR count). The number of ether oxygens (including phenoxy) is 1. The molecule has 0 saturated carbocycles. The van der Waals surface area contributed by atoms with Gasteiger partial charge in [0.05, 0.1) is 7.11 Å². The van der Waals surface area contributed by atoms with Crippen LogP contribution in [-0.4, -0.2) is 25.0 Å². The third kappa shape index (κ3) is 4.71. The first kappa shape index (κ1) is 16.8. The number of amides is 1. The second kappa shape index (κ2) is 7.63. The van der Waals surface area contributed by atoms with Gasteiger partial charge >= 0.3 is 5.97 Å². The van der Waals surface area contributed by atoms with E-state index >= 15 is 0 Å². The van der Waals surface area contributed by atoms with E-state index in [-0.39, 0.29) is 11.8 Å². The van der Waals surface area contributed by atoms with Crippen LogP contribution in [0.3, 0.4) is 0 Å². The van der Waals surface area contributed by atoms with E-state index in [9.17, 15) is 9.59 Å². The van der Waals surface area contributed by atoms with E-state index in [0.29, 0.717) is 12.2 Å². The SMILES string of the molecule is COC(=O)C(CC(C)C)NC(=O)/C=C/c1cc2ccccc2o1. The number of fused-ring (bicyclic) bond motifs is 1. The predicted molar refractivity (Wildman–Crippen MR) is 88.6 cm³/mol. The fourth-order valence-electron chi connectivity index (χ4n) is 2.29. The largest absolute Gasteiger partial charge is 0.467 e. The average Bonchev–Trinajstić information content (AvgIpc) is 2.94. The first-order valence-electron chi connectivity index (χ1n) is 7.54. The second-order valence-corrected chi connectivity index (χ2v) is 5.73. The van der Waals surface area contributed by atoms with Crippen molar-refractivity contribution in [3.05, 3.63) is 42.2 Å². The van der Waals surface area contributed by atoms with Gasteiger partial charge in [0, 0.05) is 11.5 Å². The Bertz CT molecular complexity index is 682. The third-order valence-corrected chi connectivity index (χ3v) is 3.35. The van der Waals surface area contributed by atoms with E-state index in [1.807, 2.05) is 44.2 Å². The minimum absolute atomic E-state index is 0.263. The van der Waals surface area contributed by atoms with Crippen molar-refractivity contribution in [2.45, 2.75) is 26.3 Å². The smallest absolute Gasteiger partial charge is 0.328 e. The lowest BCUT2D eigenvalue weighted by Gasteiger charge is -2.17. The Hall–Kier alpha value is -2.56. The summed E-state index contributed by atoms with van der Waals surface area (Å²) < 4.78 is 10.3. The summed E-state index contributed by atoms with van der Waals surface area (Å²) in [6.45, 7) is 3.96. The minimum Gasteiger partial charge on any atom is -0.467 e. The van der Waals surface area contributed by atoms with Crippen LogP contribution in [0.2, 0.25) is 0 Å². The summed E-state index contributed by atoms with van der Waals surface area (Å²) in [7, 11) is 1.31. The van der Waals surface area contributed by atoms with Gasteiger partial charge in [-0.1, -0.05) is 32.0 Å². The summed E-state index contributed by atoms with van der Waals surface area (Å²) >= 11 is 0. The van der Waals surface area contributed by atoms with Crippen molar-refractivity contribution in [3.8, 4) is 0 Å². The Morgan fingerprint density at radius 2 is 2.04 bits per heavy atom. The Kier molecular flexibility index (Phi) is 5.57. The Labute approximate surface area is 135 Å². The van der Waals surface area contributed by atoms with Crippen LogP contribution in [0.25, 0.3) is 17.0 Å². The van der Waals surface area contributed by atoms with Gasteiger partial charge in [0.25, 0.3) is 0 Å². The van der Waals surface area contributed by atoms with Crippen molar-refractivity contribution in [1.29, 1.82) is 0 Å². The van der Waals surface area contributed by atoms with Crippen LogP contribution >= 0.6 is 0 Å². The number of para-hydroxylation sites is 1. The van der Waals surface area contributed by atoms with E-state index < -0.39 is 12.0 Å². The number of methoxy groups -OCH3 is 1. The first-order valence-corrected chi connectivity index (χ1v) is 7.54. The van der Waals surface area contributed by atoms with Crippen molar-refractivity contribution < 1.29 is 18.7 Å². The summed E-state index contributed by atoms with van der Waals surface area (Å²) in [5.74, 6) is 0.0456. The van der Waals surface area contributed by atoms with E-state index in [4.69, 9.17) is 9.15 Å². The van der Waals surface area contributed by atoms with Crippen LogP contribution < -0.4 is 5.32 Å². The molecule has 1 unspecified atom stereocenters. The maximum absolute atomic E-state index is 12.0. The average molecular weight is 315 g/mol. The maximum atomic E-state index is 12.0. The molecule has 0 aliphatic heterocycles. The van der Waals surface area contributed by atoms with Crippen LogP contribution in [0.5, 0.6) is 0 Å². The molecule has 1 heterocycles. The van der Waals surface area contributed by atoms with Crippen LogP contribution in [0.15, 0.2) is 40.8 Å². The fraction of sp³-hybridized carbons (Fsp3) is 0.333. The van der Waals surface area contributed by atoms with E-state index in [0.717, 1.165) is 11.0 Å². The number of hydrogen-bond donors (Lipinski definition) is 1. The van der Waals surface area contributed by atoms with Crippen molar-refractivity contribution in [2.75, 3.05) is 7.11 Å². The summed E-state index contributed by atoms with van der Waals surface area (Å²) in [5, 5.41) is 3.63.